The van der Waals surface area contributed by atoms with Crippen molar-refractivity contribution >= 4 is 34.7 Å². The molecule has 3 aromatic rings. The molecule has 4 aliphatic heterocycles. The normalized spacial score (nSPS) is 23.3. The van der Waals surface area contributed by atoms with Crippen LogP contribution in [0.1, 0.15) is 42.3 Å². The highest BCUT2D eigenvalue weighted by Crippen LogP contribution is 2.40. The number of anilines is 2. The Morgan fingerprint density at radius 2 is 1.80 bits per heavy atom. The van der Waals surface area contributed by atoms with Crippen molar-refractivity contribution in [2.24, 2.45) is 5.92 Å². The summed E-state index contributed by atoms with van der Waals surface area (Å²) in [5.41, 5.74) is 0.281. The van der Waals surface area contributed by atoms with Crippen LogP contribution in [0.5, 0.6) is 5.75 Å². The van der Waals surface area contributed by atoms with Gasteiger partial charge in [0.2, 0.25) is 0 Å². The van der Waals surface area contributed by atoms with Gasteiger partial charge in [0.1, 0.15) is 28.3 Å². The summed E-state index contributed by atoms with van der Waals surface area (Å²) >= 11 is 0. The van der Waals surface area contributed by atoms with Gasteiger partial charge in [-0.1, -0.05) is 6.58 Å². The van der Waals surface area contributed by atoms with Crippen molar-refractivity contribution in [1.82, 2.24) is 25.2 Å². The van der Waals surface area contributed by atoms with Crippen LogP contribution in [0, 0.1) is 17.6 Å². The van der Waals surface area contributed by atoms with E-state index in [0.717, 1.165) is 0 Å². The molecule has 0 bridgehead atoms. The third-order valence-corrected chi connectivity index (χ3v) is 9.79. The number of ether oxygens (including phenoxy) is 2. The lowest BCUT2D eigenvalue weighted by atomic mass is 9.90. The molecular weight excluding hydrogens is 673 g/mol. The zero-order valence-electron chi connectivity index (χ0n) is 26.6. The van der Waals surface area contributed by atoms with Gasteiger partial charge in [-0.3, -0.25) is 9.69 Å². The molecule has 3 atom stereocenters. The van der Waals surface area contributed by atoms with Gasteiger partial charge in [-0.15, -0.1) is 0 Å². The average Bonchev–Trinajstić information content (AvgIpc) is 3.86. The number of alkyl halides is 3. The molecule has 1 aliphatic carbocycles. The number of imidazole rings is 1. The molecule has 18 heteroatoms. The van der Waals surface area contributed by atoms with Crippen LogP contribution in [0.2, 0.25) is 0 Å². The zero-order chi connectivity index (χ0) is 35.5. The predicted octanol–water partition coefficient (Wildman–Crippen LogP) is 3.79. The highest BCUT2D eigenvalue weighted by Gasteiger charge is 2.48. The average molecular weight is 708 g/mol. The Balaban J connectivity index is 0.000000510. The number of carbonyl (C=O) groups is 2. The number of benzene rings is 1. The Hall–Kier alpha value is -4.55. The number of rotatable bonds is 4. The van der Waals surface area contributed by atoms with Gasteiger partial charge in [-0.2, -0.15) is 13.2 Å². The predicted molar refractivity (Wildman–Crippen MR) is 167 cm³/mol. The summed E-state index contributed by atoms with van der Waals surface area (Å²) in [4.78, 5) is 40.1. The van der Waals surface area contributed by atoms with Crippen molar-refractivity contribution < 1.29 is 51.2 Å². The highest BCUT2D eigenvalue weighted by atomic mass is 19.4. The SMILES string of the molecule is C=C(O)C(F)(F)F.O=C1COc2ccc(N3CC4(CCN(CC5Cc6c(c(F)c7[nH]c(C8CC(O)CN8)nc7c6F)C5)CC4)OC3=O)nc2N1. The molecule has 6 heterocycles. The molecule has 3 saturated heterocycles. The summed E-state index contributed by atoms with van der Waals surface area (Å²) in [5, 5.41) is 23.2. The van der Waals surface area contributed by atoms with Crippen molar-refractivity contribution in [3.63, 3.8) is 0 Å². The Kier molecular flexibility index (Phi) is 8.58. The van der Waals surface area contributed by atoms with Gasteiger partial charge in [0.15, 0.2) is 35.6 Å². The zero-order valence-corrected chi connectivity index (χ0v) is 26.6. The topological polar surface area (TPSA) is 165 Å². The number of carbonyl (C=O) groups excluding carboxylic acids is 2. The molecule has 8 rings (SSSR count). The van der Waals surface area contributed by atoms with E-state index in [9.17, 15) is 27.9 Å². The van der Waals surface area contributed by atoms with Crippen LogP contribution in [-0.4, -0.2) is 99.3 Å². The highest BCUT2D eigenvalue weighted by molar-refractivity contribution is 5.95. The van der Waals surface area contributed by atoms with Crippen molar-refractivity contribution in [3.8, 4) is 5.75 Å². The number of piperidine rings is 1. The lowest BCUT2D eigenvalue weighted by Gasteiger charge is -2.38. The molecule has 2 aromatic heterocycles. The lowest BCUT2D eigenvalue weighted by molar-refractivity contribution is -0.120. The van der Waals surface area contributed by atoms with E-state index in [0.29, 0.717) is 93.3 Å². The number of H-pyrrole nitrogens is 1. The summed E-state index contributed by atoms with van der Waals surface area (Å²) in [7, 11) is 0. The molecule has 2 amide bonds. The van der Waals surface area contributed by atoms with E-state index in [1.165, 1.54) is 4.90 Å². The molecule has 268 valence electrons. The fourth-order valence-electron chi connectivity index (χ4n) is 7.23. The van der Waals surface area contributed by atoms with Gasteiger partial charge in [0.05, 0.1) is 18.7 Å². The van der Waals surface area contributed by atoms with Gasteiger partial charge in [0.25, 0.3) is 5.91 Å². The van der Waals surface area contributed by atoms with Gasteiger partial charge < -0.3 is 40.2 Å². The largest absolute Gasteiger partial charge is 0.505 e. The van der Waals surface area contributed by atoms with Gasteiger partial charge >= 0.3 is 12.3 Å². The summed E-state index contributed by atoms with van der Waals surface area (Å²) in [6.07, 6.45) is -3.05. The number of halogens is 5. The second-order valence-electron chi connectivity index (χ2n) is 13.3. The van der Waals surface area contributed by atoms with E-state index in [1.54, 1.807) is 12.1 Å². The van der Waals surface area contributed by atoms with E-state index in [-0.39, 0.29) is 41.3 Å². The number of aliphatic hydroxyl groups is 2. The molecule has 5 aliphatic rings. The maximum atomic E-state index is 15.6. The van der Waals surface area contributed by atoms with Crippen LogP contribution >= 0.6 is 0 Å². The van der Waals surface area contributed by atoms with E-state index in [1.807, 2.05) is 0 Å². The van der Waals surface area contributed by atoms with Crippen molar-refractivity contribution in [2.75, 3.05) is 49.5 Å². The minimum atomic E-state index is -4.64. The fourth-order valence-corrected chi connectivity index (χ4v) is 7.23. The number of allylic oxidation sites excluding steroid dienone is 1. The molecular formula is C32H34F5N7O6. The Morgan fingerprint density at radius 1 is 1.10 bits per heavy atom. The number of aromatic amines is 1. The number of hydrogen-bond donors (Lipinski definition) is 5. The first-order chi connectivity index (χ1) is 23.7. The number of β-amino-alcohol motifs (C(OH)–C–C–N with tert-alkyl or cyclic N) is 1. The number of nitrogens with zero attached hydrogens (tertiary/aromatic N) is 4. The molecule has 0 saturated carbocycles. The van der Waals surface area contributed by atoms with E-state index < -0.39 is 41.4 Å². The third kappa shape index (κ3) is 6.42. The lowest BCUT2D eigenvalue weighted by Crippen LogP contribution is -2.48. The van der Waals surface area contributed by atoms with Crippen LogP contribution in [0.15, 0.2) is 24.5 Å². The minimum absolute atomic E-state index is 0.0194. The number of fused-ring (bicyclic) bond motifs is 3. The molecule has 50 heavy (non-hydrogen) atoms. The number of nitrogens with one attached hydrogen (secondary N) is 3. The number of amides is 2. The summed E-state index contributed by atoms with van der Waals surface area (Å²) in [6, 6.07) is 3.09. The first-order valence-electron chi connectivity index (χ1n) is 16.1. The number of hydrogen-bond acceptors (Lipinski definition) is 10. The number of likely N-dealkylation sites (tertiary alicyclic amines) is 1. The van der Waals surface area contributed by atoms with Crippen LogP contribution in [0.3, 0.4) is 0 Å². The molecule has 1 aromatic carbocycles. The first kappa shape index (κ1) is 33.9. The van der Waals surface area contributed by atoms with Crippen LogP contribution in [0.4, 0.5) is 38.4 Å². The van der Waals surface area contributed by atoms with E-state index in [2.05, 4.69) is 37.1 Å². The monoisotopic (exact) mass is 707 g/mol. The quantitative estimate of drug-likeness (QED) is 0.199. The standard InChI is InChI=1S/C29H31F2N7O5.C3H3F3O/c30-22-16-7-14(8-17(16)23(31)25-24(22)35-26(36-25)18-9-15(39)10-32-18)11-37-5-3-29(4-6-37)13-38(28(41)43-29)20-2-1-19-27(33-20)34-21(40)12-42-19;1-2(7)3(4,5)6/h1-2,14-15,18,32,39H,3-13H2,(H,35,36)(H,33,34,40);7H,1H2. The summed E-state index contributed by atoms with van der Waals surface area (Å²) in [6.45, 7) is 5.01. The van der Waals surface area contributed by atoms with Crippen molar-refractivity contribution in [2.45, 2.75) is 56.0 Å². The maximum absolute atomic E-state index is 15.6. The Bertz CT molecular complexity index is 1810. The van der Waals surface area contributed by atoms with Crippen LogP contribution in [-0.2, 0) is 22.4 Å². The van der Waals surface area contributed by atoms with Gasteiger partial charge in [-0.25, -0.2) is 23.5 Å². The fraction of sp³-hybridized carbons (Fsp3) is 0.500. The smallest absolute Gasteiger partial charge is 0.448 e. The Morgan fingerprint density at radius 3 is 2.46 bits per heavy atom. The molecule has 13 nitrogen and oxygen atoms in total. The van der Waals surface area contributed by atoms with E-state index in [4.69, 9.17) is 14.6 Å². The van der Waals surface area contributed by atoms with Crippen LogP contribution in [0.25, 0.3) is 11.0 Å². The van der Waals surface area contributed by atoms with Crippen LogP contribution < -0.4 is 20.3 Å². The molecule has 3 fully saturated rings. The number of aliphatic hydroxyl groups excluding tert-OH is 2. The molecule has 3 unspecified atom stereocenters. The maximum Gasteiger partial charge on any atom is 0.448 e. The van der Waals surface area contributed by atoms with E-state index >= 15 is 8.78 Å². The van der Waals surface area contributed by atoms with Crippen molar-refractivity contribution in [1.29, 1.82) is 0 Å². The second kappa shape index (κ2) is 12.6. The molecule has 1 spiro atoms. The second-order valence-corrected chi connectivity index (χ2v) is 13.3. The minimum Gasteiger partial charge on any atom is -0.505 e. The third-order valence-electron chi connectivity index (χ3n) is 9.79. The first-order valence-corrected chi connectivity index (χ1v) is 16.1. The van der Waals surface area contributed by atoms with Crippen molar-refractivity contribution in [3.05, 3.63) is 53.1 Å². The summed E-state index contributed by atoms with van der Waals surface area (Å²) < 4.78 is 74.9. The molecule has 0 radical (unpaired) electrons. The van der Waals surface area contributed by atoms with Gasteiger partial charge in [-0.05, 0) is 48.4 Å². The van der Waals surface area contributed by atoms with Gasteiger partial charge in [0, 0.05) is 39.0 Å². The summed E-state index contributed by atoms with van der Waals surface area (Å²) in [5.74, 6) is -1.34. The number of pyridine rings is 1. The molecule has 5 N–H and O–H groups in total. The number of aromatic nitrogens is 3. The Labute approximate surface area is 281 Å².